The Morgan fingerprint density at radius 2 is 2.18 bits per heavy atom. The molecule has 0 saturated heterocycles. The zero-order valence-electron chi connectivity index (χ0n) is 6.96. The van der Waals surface area contributed by atoms with Crippen molar-refractivity contribution in [2.45, 2.75) is 39.2 Å². The second-order valence-electron chi connectivity index (χ2n) is 4.05. The number of nitrogens with zero attached hydrogens (tertiary/aromatic N) is 1. The highest BCUT2D eigenvalue weighted by Gasteiger charge is 2.33. The van der Waals surface area contributed by atoms with Gasteiger partial charge in [0.25, 0.3) is 0 Å². The van der Waals surface area contributed by atoms with E-state index in [1.165, 1.54) is 0 Å². The lowest BCUT2D eigenvalue weighted by atomic mass is 9.75. The molecule has 62 valence electrons. The monoisotopic (exact) mass is 155 g/mol. The van der Waals surface area contributed by atoms with Crippen LogP contribution in [0.1, 0.15) is 33.1 Å². The van der Waals surface area contributed by atoms with Crippen LogP contribution in [0.4, 0.5) is 0 Å². The first kappa shape index (κ1) is 8.37. The van der Waals surface area contributed by atoms with Crippen molar-refractivity contribution in [2.75, 3.05) is 0 Å². The fourth-order valence-corrected chi connectivity index (χ4v) is 1.73. The Labute approximate surface area is 66.1 Å². The van der Waals surface area contributed by atoms with E-state index in [1.807, 2.05) is 13.8 Å². The number of Topliss-reactive ketones (excluding diaryl/α,β-unsaturated/α-hetero) is 1. The minimum Gasteiger partial charge on any atom is -0.300 e. The maximum atomic E-state index is 11.0. The predicted molar refractivity (Wildman–Crippen MR) is 42.2 cm³/mol. The standard InChI is InChI=1S/C8H13NO2/c1-8(2)4-6(9-11)3-7(10)5-8/h6H,3-5H2,1-2H3. The van der Waals surface area contributed by atoms with Crippen LogP contribution < -0.4 is 0 Å². The molecule has 1 fully saturated rings. The fourth-order valence-electron chi connectivity index (χ4n) is 1.73. The zero-order chi connectivity index (χ0) is 8.48. The molecule has 1 aliphatic rings. The van der Waals surface area contributed by atoms with Gasteiger partial charge in [0.1, 0.15) is 5.78 Å². The molecule has 1 atom stereocenters. The summed E-state index contributed by atoms with van der Waals surface area (Å²) in [6.07, 6.45) is 1.70. The number of carbonyl (C=O) groups excluding carboxylic acids is 1. The predicted octanol–water partition coefficient (Wildman–Crippen LogP) is 1.90. The van der Waals surface area contributed by atoms with Gasteiger partial charge in [0.05, 0.1) is 6.04 Å². The second-order valence-corrected chi connectivity index (χ2v) is 4.05. The number of ketones is 1. The Morgan fingerprint density at radius 1 is 1.55 bits per heavy atom. The molecule has 0 aromatic rings. The van der Waals surface area contributed by atoms with Crippen molar-refractivity contribution in [1.82, 2.24) is 0 Å². The van der Waals surface area contributed by atoms with Gasteiger partial charge in [-0.25, -0.2) is 0 Å². The molecule has 0 heterocycles. The Kier molecular flexibility index (Phi) is 2.07. The van der Waals surface area contributed by atoms with Crippen molar-refractivity contribution < 1.29 is 4.79 Å². The molecule has 0 spiro atoms. The van der Waals surface area contributed by atoms with Crippen LogP contribution >= 0.6 is 0 Å². The summed E-state index contributed by atoms with van der Waals surface area (Å²) >= 11 is 0. The highest BCUT2D eigenvalue weighted by Crippen LogP contribution is 2.34. The topological polar surface area (TPSA) is 46.5 Å². The van der Waals surface area contributed by atoms with Crippen molar-refractivity contribution in [3.8, 4) is 0 Å². The number of hydrogen-bond acceptors (Lipinski definition) is 3. The third kappa shape index (κ3) is 2.10. The Morgan fingerprint density at radius 3 is 2.64 bits per heavy atom. The molecular formula is C8H13NO2. The quantitative estimate of drug-likeness (QED) is 0.543. The van der Waals surface area contributed by atoms with Crippen molar-refractivity contribution >= 4 is 5.78 Å². The average Bonchev–Trinajstić information content (AvgIpc) is 1.83. The summed E-state index contributed by atoms with van der Waals surface area (Å²) in [7, 11) is 0. The van der Waals surface area contributed by atoms with Gasteiger partial charge in [-0.1, -0.05) is 19.0 Å². The van der Waals surface area contributed by atoms with Gasteiger partial charge in [-0.2, -0.15) is 4.91 Å². The summed E-state index contributed by atoms with van der Waals surface area (Å²) in [5, 5.41) is 2.92. The van der Waals surface area contributed by atoms with Crippen molar-refractivity contribution in [3.63, 3.8) is 0 Å². The molecule has 1 aliphatic carbocycles. The lowest BCUT2D eigenvalue weighted by Crippen LogP contribution is -2.30. The van der Waals surface area contributed by atoms with E-state index in [4.69, 9.17) is 0 Å². The van der Waals surface area contributed by atoms with Crippen LogP contribution in [0.3, 0.4) is 0 Å². The first-order valence-corrected chi connectivity index (χ1v) is 3.88. The van der Waals surface area contributed by atoms with Gasteiger partial charge < -0.3 is 0 Å². The number of nitroso groups, excluding NO2 is 1. The molecule has 0 radical (unpaired) electrons. The lowest BCUT2D eigenvalue weighted by Gasteiger charge is -2.30. The van der Waals surface area contributed by atoms with Gasteiger partial charge >= 0.3 is 0 Å². The Balaban J connectivity index is 2.65. The third-order valence-electron chi connectivity index (χ3n) is 2.08. The normalized spacial score (nSPS) is 30.0. The fraction of sp³-hybridized carbons (Fsp3) is 0.875. The smallest absolute Gasteiger partial charge is 0.135 e. The molecular weight excluding hydrogens is 142 g/mol. The summed E-state index contributed by atoms with van der Waals surface area (Å²) < 4.78 is 0. The Bertz CT molecular complexity index is 187. The van der Waals surface area contributed by atoms with E-state index in [9.17, 15) is 9.70 Å². The highest BCUT2D eigenvalue weighted by atomic mass is 16.3. The van der Waals surface area contributed by atoms with E-state index in [1.54, 1.807) is 0 Å². The first-order chi connectivity index (χ1) is 5.03. The summed E-state index contributed by atoms with van der Waals surface area (Å²) in [6.45, 7) is 4.00. The molecule has 0 amide bonds. The van der Waals surface area contributed by atoms with E-state index in [2.05, 4.69) is 5.18 Å². The molecule has 0 bridgehead atoms. The van der Waals surface area contributed by atoms with Gasteiger partial charge in [0.2, 0.25) is 0 Å². The SMILES string of the molecule is CC1(C)CC(=O)CC(N=O)C1. The van der Waals surface area contributed by atoms with Crippen molar-refractivity contribution in [3.05, 3.63) is 4.91 Å². The third-order valence-corrected chi connectivity index (χ3v) is 2.08. The number of hydrogen-bond donors (Lipinski definition) is 0. The highest BCUT2D eigenvalue weighted by molar-refractivity contribution is 5.80. The van der Waals surface area contributed by atoms with Gasteiger partial charge in [-0.3, -0.25) is 4.79 Å². The van der Waals surface area contributed by atoms with E-state index in [-0.39, 0.29) is 17.2 Å². The molecule has 1 saturated carbocycles. The summed E-state index contributed by atoms with van der Waals surface area (Å²) in [4.78, 5) is 21.2. The maximum Gasteiger partial charge on any atom is 0.135 e. The van der Waals surface area contributed by atoms with Crippen LogP contribution in [-0.4, -0.2) is 11.8 Å². The van der Waals surface area contributed by atoms with Crippen LogP contribution in [0.25, 0.3) is 0 Å². The van der Waals surface area contributed by atoms with Crippen LogP contribution in [0, 0.1) is 10.3 Å². The minimum atomic E-state index is -0.272. The first-order valence-electron chi connectivity index (χ1n) is 3.88. The second kappa shape index (κ2) is 2.72. The molecule has 0 aromatic carbocycles. The molecule has 1 unspecified atom stereocenters. The summed E-state index contributed by atoms with van der Waals surface area (Å²) in [6, 6.07) is -0.272. The largest absolute Gasteiger partial charge is 0.300 e. The number of carbonyl (C=O) groups is 1. The molecule has 3 heteroatoms. The molecule has 0 aromatic heterocycles. The van der Waals surface area contributed by atoms with Crippen LogP contribution in [-0.2, 0) is 4.79 Å². The maximum absolute atomic E-state index is 11.0. The Hall–Kier alpha value is -0.730. The molecule has 0 aliphatic heterocycles. The van der Waals surface area contributed by atoms with Crippen molar-refractivity contribution in [1.29, 1.82) is 0 Å². The van der Waals surface area contributed by atoms with E-state index < -0.39 is 0 Å². The lowest BCUT2D eigenvalue weighted by molar-refractivity contribution is -0.123. The van der Waals surface area contributed by atoms with Crippen LogP contribution in [0.5, 0.6) is 0 Å². The van der Waals surface area contributed by atoms with Gasteiger partial charge in [0.15, 0.2) is 0 Å². The molecule has 11 heavy (non-hydrogen) atoms. The van der Waals surface area contributed by atoms with E-state index >= 15 is 0 Å². The van der Waals surface area contributed by atoms with Crippen LogP contribution in [0.15, 0.2) is 5.18 Å². The van der Waals surface area contributed by atoms with Crippen LogP contribution in [0.2, 0.25) is 0 Å². The zero-order valence-corrected chi connectivity index (χ0v) is 6.96. The summed E-state index contributed by atoms with van der Waals surface area (Å²) in [5.41, 5.74) is -0.0199. The van der Waals surface area contributed by atoms with E-state index in [0.717, 1.165) is 6.42 Å². The van der Waals surface area contributed by atoms with Gasteiger partial charge in [0, 0.05) is 12.8 Å². The minimum absolute atomic E-state index is 0.0199. The van der Waals surface area contributed by atoms with Gasteiger partial charge in [-0.15, -0.1) is 0 Å². The average molecular weight is 155 g/mol. The molecule has 0 N–H and O–H groups in total. The summed E-state index contributed by atoms with van der Waals surface area (Å²) in [5.74, 6) is 0.172. The molecule has 3 nitrogen and oxygen atoms in total. The molecule has 1 rings (SSSR count). The van der Waals surface area contributed by atoms with Crippen molar-refractivity contribution in [2.24, 2.45) is 10.6 Å². The van der Waals surface area contributed by atoms with Gasteiger partial charge in [-0.05, 0) is 11.8 Å². The number of rotatable bonds is 1. The van der Waals surface area contributed by atoms with E-state index in [0.29, 0.717) is 12.8 Å².